The van der Waals surface area contributed by atoms with E-state index in [0.29, 0.717) is 6.04 Å². The molecule has 1 atom stereocenters. The van der Waals surface area contributed by atoms with Crippen molar-refractivity contribution in [1.82, 2.24) is 10.3 Å². The fraction of sp³-hybridized carbons (Fsp3) is 0.727. The fourth-order valence-corrected chi connectivity index (χ4v) is 3.44. The normalized spacial score (nSPS) is 25.5. The van der Waals surface area contributed by atoms with Crippen molar-refractivity contribution in [3.05, 3.63) is 15.6 Å². The zero-order valence-electron chi connectivity index (χ0n) is 8.79. The molecule has 0 amide bonds. The maximum Gasteiger partial charge on any atom is 0.0947 e. The first-order valence-electron chi connectivity index (χ1n) is 5.70. The molecule has 0 aromatic carbocycles. The number of hydrogen-bond acceptors (Lipinski definition) is 4. The number of hydrogen-bond donors (Lipinski definition) is 1. The smallest absolute Gasteiger partial charge is 0.0947 e. The van der Waals surface area contributed by atoms with E-state index in [2.05, 4.69) is 5.32 Å². The fourth-order valence-electron chi connectivity index (χ4n) is 2.31. The van der Waals surface area contributed by atoms with Crippen molar-refractivity contribution in [3.63, 3.8) is 0 Å². The zero-order chi connectivity index (χ0) is 10.1. The molecule has 1 aromatic heterocycles. The number of thiazole rings is 1. The summed E-state index contributed by atoms with van der Waals surface area (Å²) in [7, 11) is 0. The van der Waals surface area contributed by atoms with Crippen LogP contribution in [0.15, 0.2) is 0 Å². The van der Waals surface area contributed by atoms with Crippen LogP contribution in [0.3, 0.4) is 0 Å². The summed E-state index contributed by atoms with van der Waals surface area (Å²) in [4.78, 5) is 6.07. The van der Waals surface area contributed by atoms with Crippen LogP contribution in [-0.4, -0.2) is 24.2 Å². The second kappa shape index (κ2) is 4.20. The van der Waals surface area contributed by atoms with Crippen molar-refractivity contribution < 1.29 is 4.74 Å². The predicted molar refractivity (Wildman–Crippen MR) is 60.2 cm³/mol. The largest absolute Gasteiger partial charge is 0.375 e. The van der Waals surface area contributed by atoms with Gasteiger partial charge in [-0.05, 0) is 19.4 Å². The Bertz CT molecular complexity index is 321. The molecule has 0 bridgehead atoms. The van der Waals surface area contributed by atoms with E-state index in [9.17, 15) is 0 Å². The molecule has 82 valence electrons. The summed E-state index contributed by atoms with van der Waals surface area (Å²) in [5.41, 5.74) is 1.29. The third-order valence-electron chi connectivity index (χ3n) is 3.12. The highest BCUT2D eigenvalue weighted by atomic mass is 32.1. The molecule has 0 spiro atoms. The van der Waals surface area contributed by atoms with Crippen LogP contribution in [0.4, 0.5) is 0 Å². The molecular weight excluding hydrogens is 208 g/mol. The van der Waals surface area contributed by atoms with Crippen LogP contribution < -0.4 is 5.32 Å². The van der Waals surface area contributed by atoms with Gasteiger partial charge in [0.25, 0.3) is 0 Å². The lowest BCUT2D eigenvalue weighted by Gasteiger charge is -2.08. The monoisotopic (exact) mass is 224 g/mol. The molecule has 1 fully saturated rings. The Balaban J connectivity index is 1.72. The Morgan fingerprint density at radius 1 is 1.53 bits per heavy atom. The predicted octanol–water partition coefficient (Wildman–Crippen LogP) is 1.51. The Morgan fingerprint density at radius 2 is 2.53 bits per heavy atom. The third-order valence-corrected chi connectivity index (χ3v) is 4.22. The van der Waals surface area contributed by atoms with Gasteiger partial charge in [0.2, 0.25) is 0 Å². The van der Waals surface area contributed by atoms with Crippen molar-refractivity contribution >= 4 is 11.3 Å². The van der Waals surface area contributed by atoms with Gasteiger partial charge < -0.3 is 10.1 Å². The molecule has 2 aliphatic heterocycles. The van der Waals surface area contributed by atoms with Crippen LogP contribution in [0.5, 0.6) is 0 Å². The minimum atomic E-state index is 0.665. The number of nitrogens with one attached hydrogen (secondary N) is 1. The Morgan fingerprint density at radius 3 is 3.33 bits per heavy atom. The SMILES string of the molecule is C1CNC(Cc2nc3c(s2)COCC3)C1. The quantitative estimate of drug-likeness (QED) is 0.827. The first kappa shape index (κ1) is 9.75. The van der Waals surface area contributed by atoms with Crippen LogP contribution in [0.2, 0.25) is 0 Å². The van der Waals surface area contributed by atoms with E-state index in [1.54, 1.807) is 0 Å². The van der Waals surface area contributed by atoms with Gasteiger partial charge in [-0.2, -0.15) is 0 Å². The van der Waals surface area contributed by atoms with E-state index < -0.39 is 0 Å². The number of ether oxygens (including phenoxy) is 1. The number of nitrogens with zero attached hydrogens (tertiary/aromatic N) is 1. The molecule has 1 unspecified atom stereocenters. The lowest BCUT2D eigenvalue weighted by Crippen LogP contribution is -2.23. The molecule has 0 aliphatic carbocycles. The van der Waals surface area contributed by atoms with E-state index in [0.717, 1.165) is 26.1 Å². The zero-order valence-corrected chi connectivity index (χ0v) is 9.61. The van der Waals surface area contributed by atoms with Gasteiger partial charge in [0.15, 0.2) is 0 Å². The van der Waals surface area contributed by atoms with Crippen LogP contribution in [0, 0.1) is 0 Å². The molecule has 1 saturated heterocycles. The Kier molecular flexibility index (Phi) is 2.73. The average Bonchev–Trinajstić information content (AvgIpc) is 2.86. The number of aromatic nitrogens is 1. The summed E-state index contributed by atoms with van der Waals surface area (Å²) in [5, 5.41) is 4.82. The highest BCUT2D eigenvalue weighted by Crippen LogP contribution is 2.25. The molecule has 1 N–H and O–H groups in total. The lowest BCUT2D eigenvalue weighted by atomic mass is 10.2. The Hall–Kier alpha value is -0.450. The van der Waals surface area contributed by atoms with E-state index in [1.807, 2.05) is 11.3 Å². The first-order valence-corrected chi connectivity index (χ1v) is 6.52. The molecule has 3 nitrogen and oxygen atoms in total. The summed E-state index contributed by atoms with van der Waals surface area (Å²) in [5.74, 6) is 0. The molecule has 0 saturated carbocycles. The third kappa shape index (κ3) is 2.07. The van der Waals surface area contributed by atoms with Gasteiger partial charge in [-0.25, -0.2) is 4.98 Å². The van der Waals surface area contributed by atoms with Gasteiger partial charge in [-0.1, -0.05) is 0 Å². The van der Waals surface area contributed by atoms with Crippen LogP contribution in [0.25, 0.3) is 0 Å². The minimum Gasteiger partial charge on any atom is -0.375 e. The standard InChI is InChI=1S/C11H16N2OS/c1-2-8(12-4-1)6-11-13-9-3-5-14-7-10(9)15-11/h8,12H,1-7H2. The van der Waals surface area contributed by atoms with Crippen LogP contribution >= 0.6 is 11.3 Å². The molecule has 15 heavy (non-hydrogen) atoms. The highest BCUT2D eigenvalue weighted by Gasteiger charge is 2.19. The van der Waals surface area contributed by atoms with Gasteiger partial charge in [-0.3, -0.25) is 0 Å². The molecule has 4 heteroatoms. The van der Waals surface area contributed by atoms with Gasteiger partial charge in [-0.15, -0.1) is 11.3 Å². The van der Waals surface area contributed by atoms with Crippen molar-refractivity contribution in [2.75, 3.05) is 13.2 Å². The van der Waals surface area contributed by atoms with Crippen LogP contribution in [0.1, 0.15) is 28.4 Å². The second-order valence-corrected chi connectivity index (χ2v) is 5.45. The molecular formula is C11H16N2OS. The summed E-state index contributed by atoms with van der Waals surface area (Å²) < 4.78 is 5.43. The van der Waals surface area contributed by atoms with Crippen molar-refractivity contribution in [2.45, 2.75) is 38.3 Å². The van der Waals surface area contributed by atoms with Gasteiger partial charge in [0.1, 0.15) is 0 Å². The summed E-state index contributed by atoms with van der Waals surface area (Å²) in [6, 6.07) is 0.665. The average molecular weight is 224 g/mol. The summed E-state index contributed by atoms with van der Waals surface area (Å²) >= 11 is 1.85. The van der Waals surface area contributed by atoms with Gasteiger partial charge in [0, 0.05) is 18.9 Å². The van der Waals surface area contributed by atoms with Crippen molar-refractivity contribution in [1.29, 1.82) is 0 Å². The van der Waals surface area contributed by atoms with E-state index in [-0.39, 0.29) is 0 Å². The molecule has 2 aliphatic rings. The number of rotatable bonds is 2. The molecule has 1 aromatic rings. The molecule has 0 radical (unpaired) electrons. The van der Waals surface area contributed by atoms with E-state index in [4.69, 9.17) is 9.72 Å². The minimum absolute atomic E-state index is 0.665. The number of fused-ring (bicyclic) bond motifs is 1. The summed E-state index contributed by atoms with van der Waals surface area (Å²) in [6.45, 7) is 2.81. The second-order valence-electron chi connectivity index (χ2n) is 4.28. The van der Waals surface area contributed by atoms with E-state index in [1.165, 1.54) is 35.0 Å². The van der Waals surface area contributed by atoms with Gasteiger partial charge in [0.05, 0.1) is 28.8 Å². The topological polar surface area (TPSA) is 34.2 Å². The van der Waals surface area contributed by atoms with Crippen LogP contribution in [-0.2, 0) is 24.2 Å². The van der Waals surface area contributed by atoms with Crippen molar-refractivity contribution in [2.24, 2.45) is 0 Å². The lowest BCUT2D eigenvalue weighted by molar-refractivity contribution is 0.112. The molecule has 3 rings (SSSR count). The molecule has 3 heterocycles. The summed E-state index contributed by atoms with van der Waals surface area (Å²) in [6.07, 6.45) is 4.74. The maximum absolute atomic E-state index is 5.43. The van der Waals surface area contributed by atoms with E-state index >= 15 is 0 Å². The Labute approximate surface area is 93.9 Å². The maximum atomic E-state index is 5.43. The first-order chi connectivity index (χ1) is 7.42. The van der Waals surface area contributed by atoms with Gasteiger partial charge >= 0.3 is 0 Å². The van der Waals surface area contributed by atoms with Crippen molar-refractivity contribution in [3.8, 4) is 0 Å². The highest BCUT2D eigenvalue weighted by molar-refractivity contribution is 7.11.